The molecule has 1 atom stereocenters. The van der Waals surface area contributed by atoms with Gasteiger partial charge in [-0.1, -0.05) is 11.6 Å². The van der Waals surface area contributed by atoms with Gasteiger partial charge < -0.3 is 20.6 Å². The van der Waals surface area contributed by atoms with Crippen molar-refractivity contribution in [2.24, 2.45) is 0 Å². The van der Waals surface area contributed by atoms with E-state index in [2.05, 4.69) is 15.5 Å². The number of rotatable bonds is 5. The molecule has 2 aromatic rings. The van der Waals surface area contributed by atoms with E-state index in [4.69, 9.17) is 10.4 Å². The summed E-state index contributed by atoms with van der Waals surface area (Å²) in [6, 6.07) is 8.39. The van der Waals surface area contributed by atoms with Crippen molar-refractivity contribution in [3.63, 3.8) is 0 Å². The third-order valence-corrected chi connectivity index (χ3v) is 5.02. The van der Waals surface area contributed by atoms with Gasteiger partial charge in [0.15, 0.2) is 0 Å². The Kier molecular flexibility index (Phi) is 6.26. The normalized spacial score (nSPS) is 16.2. The van der Waals surface area contributed by atoms with Crippen molar-refractivity contribution in [1.29, 1.82) is 5.41 Å². The number of nitrogens with zero attached hydrogens (tertiary/aromatic N) is 2. The zero-order chi connectivity index (χ0) is 20.3. The Morgan fingerprint density at radius 1 is 1.36 bits per heavy atom. The third kappa shape index (κ3) is 4.85. The minimum Gasteiger partial charge on any atom is -0.392 e. The molecule has 1 aromatic heterocycles. The number of benzene rings is 1. The molecule has 0 unspecified atom stereocenters. The number of amidine groups is 1. The summed E-state index contributed by atoms with van der Waals surface area (Å²) in [5, 5.41) is 24.8. The topological polar surface area (TPSA) is 101 Å². The molecule has 7 heteroatoms. The van der Waals surface area contributed by atoms with Crippen LogP contribution in [0.1, 0.15) is 37.8 Å². The lowest BCUT2D eigenvalue weighted by Gasteiger charge is -2.34. The molecule has 1 aromatic carbocycles. The van der Waals surface area contributed by atoms with Crippen LogP contribution in [0.25, 0.3) is 10.9 Å². The van der Waals surface area contributed by atoms with Crippen molar-refractivity contribution in [1.82, 2.24) is 15.6 Å². The average molecular weight is 383 g/mol. The van der Waals surface area contributed by atoms with Crippen LogP contribution in [-0.2, 0) is 4.79 Å². The predicted octanol–water partition coefficient (Wildman–Crippen LogP) is 1.94. The molecule has 0 saturated carbocycles. The van der Waals surface area contributed by atoms with Crippen LogP contribution in [0.2, 0.25) is 0 Å². The number of aryl methyl sites for hydroxylation is 1. The first-order chi connectivity index (χ1) is 13.3. The van der Waals surface area contributed by atoms with E-state index >= 15 is 0 Å². The maximum absolute atomic E-state index is 11.5. The second-order valence-corrected chi connectivity index (χ2v) is 7.63. The number of carbonyl (C=O) groups is 1. The van der Waals surface area contributed by atoms with Gasteiger partial charge in [0.2, 0.25) is 5.91 Å². The molecular formula is C21H29N5O2. The highest BCUT2D eigenvalue weighted by Crippen LogP contribution is 2.27. The Morgan fingerprint density at radius 3 is 2.71 bits per heavy atom. The summed E-state index contributed by atoms with van der Waals surface area (Å²) in [7, 11) is 0. The maximum atomic E-state index is 11.5. The quantitative estimate of drug-likeness (QED) is 0.467. The van der Waals surface area contributed by atoms with Gasteiger partial charge in [0.1, 0.15) is 11.7 Å². The van der Waals surface area contributed by atoms with Crippen LogP contribution in [0, 0.1) is 12.3 Å². The Labute approximate surface area is 165 Å². The Morgan fingerprint density at radius 2 is 2.07 bits per heavy atom. The number of anilines is 1. The van der Waals surface area contributed by atoms with E-state index in [1.807, 2.05) is 31.2 Å². The van der Waals surface area contributed by atoms with Gasteiger partial charge >= 0.3 is 0 Å². The molecular weight excluding hydrogens is 354 g/mol. The van der Waals surface area contributed by atoms with Gasteiger partial charge in [0.25, 0.3) is 0 Å². The van der Waals surface area contributed by atoms with E-state index in [1.54, 1.807) is 6.92 Å². The lowest BCUT2D eigenvalue weighted by atomic mass is 10.0. The smallest absolute Gasteiger partial charge is 0.222 e. The fourth-order valence-corrected chi connectivity index (χ4v) is 3.59. The summed E-state index contributed by atoms with van der Waals surface area (Å²) in [6.07, 6.45) is 1.52. The monoisotopic (exact) mass is 383 g/mol. The van der Waals surface area contributed by atoms with Crippen LogP contribution in [0.5, 0.6) is 0 Å². The SMILES string of the molecule is CC(=O)NC(=N)c1cc2cc(C)ccc2nc1N1CCC(NC[C@H](C)O)CC1. The zero-order valence-electron chi connectivity index (χ0n) is 16.7. The standard InChI is InChI=1S/C21H29N5O2/c1-13-4-5-19-16(10-13)11-18(20(22)24-15(3)28)21(25-19)26-8-6-17(7-9-26)23-12-14(2)27/h4-5,10-11,14,17,23,27H,6-9,12H2,1-3H3,(H2,22,24,28)/t14-/m0/s1. The van der Waals surface area contributed by atoms with Crippen LogP contribution in [0.3, 0.4) is 0 Å². The van der Waals surface area contributed by atoms with Crippen molar-refractivity contribution in [2.45, 2.75) is 45.8 Å². The Balaban J connectivity index is 1.87. The number of aliphatic hydroxyl groups is 1. The number of amides is 1. The molecule has 4 N–H and O–H groups in total. The van der Waals surface area contributed by atoms with Gasteiger partial charge in [-0.2, -0.15) is 0 Å². The highest BCUT2D eigenvalue weighted by Gasteiger charge is 2.24. The summed E-state index contributed by atoms with van der Waals surface area (Å²) < 4.78 is 0. The number of piperidine rings is 1. The minimum atomic E-state index is -0.353. The van der Waals surface area contributed by atoms with Gasteiger partial charge in [0.05, 0.1) is 17.2 Å². The first-order valence-corrected chi connectivity index (χ1v) is 9.78. The second-order valence-electron chi connectivity index (χ2n) is 7.63. The lowest BCUT2D eigenvalue weighted by molar-refractivity contribution is -0.117. The summed E-state index contributed by atoms with van der Waals surface area (Å²) in [5.74, 6) is 0.554. The van der Waals surface area contributed by atoms with Gasteiger partial charge in [-0.3, -0.25) is 10.2 Å². The van der Waals surface area contributed by atoms with Crippen LogP contribution in [-0.4, -0.2) is 53.6 Å². The fourth-order valence-electron chi connectivity index (χ4n) is 3.59. The molecule has 150 valence electrons. The third-order valence-electron chi connectivity index (χ3n) is 5.02. The van der Waals surface area contributed by atoms with E-state index in [-0.39, 0.29) is 17.8 Å². The second kappa shape index (κ2) is 8.67. The van der Waals surface area contributed by atoms with Crippen LogP contribution < -0.4 is 15.5 Å². The summed E-state index contributed by atoms with van der Waals surface area (Å²) in [5.41, 5.74) is 2.65. The van der Waals surface area contributed by atoms with E-state index in [9.17, 15) is 9.90 Å². The largest absolute Gasteiger partial charge is 0.392 e. The molecule has 2 heterocycles. The molecule has 1 amide bonds. The molecule has 1 aliphatic rings. The van der Waals surface area contributed by atoms with Gasteiger partial charge in [-0.15, -0.1) is 0 Å². The zero-order valence-corrected chi connectivity index (χ0v) is 16.7. The molecule has 3 rings (SSSR count). The summed E-state index contributed by atoms with van der Waals surface area (Å²) in [6.45, 7) is 7.42. The Bertz CT molecular complexity index is 872. The van der Waals surface area contributed by atoms with Crippen LogP contribution in [0.4, 0.5) is 5.82 Å². The van der Waals surface area contributed by atoms with Crippen molar-refractivity contribution < 1.29 is 9.90 Å². The maximum Gasteiger partial charge on any atom is 0.222 e. The van der Waals surface area contributed by atoms with Crippen LogP contribution in [0.15, 0.2) is 24.3 Å². The van der Waals surface area contributed by atoms with E-state index in [1.165, 1.54) is 6.92 Å². The Hall–Kier alpha value is -2.51. The van der Waals surface area contributed by atoms with Crippen molar-refractivity contribution in [3.8, 4) is 0 Å². The molecule has 1 aliphatic heterocycles. The van der Waals surface area contributed by atoms with Crippen molar-refractivity contribution in [2.75, 3.05) is 24.5 Å². The first kappa shape index (κ1) is 20.2. The molecule has 0 aliphatic carbocycles. The number of fused-ring (bicyclic) bond motifs is 1. The fraction of sp³-hybridized carbons (Fsp3) is 0.476. The lowest BCUT2D eigenvalue weighted by Crippen LogP contribution is -2.45. The summed E-state index contributed by atoms with van der Waals surface area (Å²) in [4.78, 5) is 18.5. The predicted molar refractivity (Wildman–Crippen MR) is 112 cm³/mol. The molecule has 0 radical (unpaired) electrons. The molecule has 0 spiro atoms. The number of aliphatic hydroxyl groups excluding tert-OH is 1. The molecule has 0 bridgehead atoms. The number of nitrogens with one attached hydrogen (secondary N) is 3. The van der Waals surface area contributed by atoms with E-state index < -0.39 is 0 Å². The highest BCUT2D eigenvalue weighted by atomic mass is 16.3. The first-order valence-electron chi connectivity index (χ1n) is 9.78. The van der Waals surface area contributed by atoms with Gasteiger partial charge in [-0.05, 0) is 44.9 Å². The van der Waals surface area contributed by atoms with E-state index in [0.29, 0.717) is 18.2 Å². The average Bonchev–Trinajstić information content (AvgIpc) is 2.65. The molecule has 28 heavy (non-hydrogen) atoms. The molecule has 1 fully saturated rings. The van der Waals surface area contributed by atoms with Crippen LogP contribution >= 0.6 is 0 Å². The van der Waals surface area contributed by atoms with Gasteiger partial charge in [-0.25, -0.2) is 4.98 Å². The molecule has 7 nitrogen and oxygen atoms in total. The number of pyridine rings is 1. The number of carbonyl (C=O) groups excluding carboxylic acids is 1. The van der Waals surface area contributed by atoms with E-state index in [0.717, 1.165) is 48.2 Å². The number of hydrogen-bond donors (Lipinski definition) is 4. The minimum absolute atomic E-state index is 0.0766. The summed E-state index contributed by atoms with van der Waals surface area (Å²) >= 11 is 0. The van der Waals surface area contributed by atoms with Crippen molar-refractivity contribution in [3.05, 3.63) is 35.4 Å². The number of aromatic nitrogens is 1. The van der Waals surface area contributed by atoms with Crippen molar-refractivity contribution >= 4 is 28.5 Å². The molecule has 1 saturated heterocycles. The van der Waals surface area contributed by atoms with Gasteiger partial charge in [0, 0.05) is 38.0 Å². The highest BCUT2D eigenvalue weighted by molar-refractivity contribution is 6.10. The number of hydrogen-bond acceptors (Lipinski definition) is 6.